The summed E-state index contributed by atoms with van der Waals surface area (Å²) in [5.74, 6) is -0.194. The maximum Gasteiger partial charge on any atom is 0.417 e. The monoisotopic (exact) mass is 638 g/mol. The van der Waals surface area contributed by atoms with E-state index in [0.717, 1.165) is 22.8 Å². The van der Waals surface area contributed by atoms with Crippen molar-refractivity contribution in [2.75, 3.05) is 26.2 Å². The molecular formula is C36H38ClF3N2O3. The maximum absolute atomic E-state index is 13.7. The minimum Gasteiger partial charge on any atom is -0.494 e. The standard InChI is InChI=1S/C36H38ClF3N2O3/c1-26(35(43)44)41-20-19-27-11-8-17-31(23-27)45-22-10-21-42(24-30-16-9-18-33(34(30)37)36(38,39)40)25-32(28-12-4-2-5-13-28)29-14-6-3-7-15-29/h2-9,11-18,23,26,32,41H,10,19-22,24-25H2,1H3,(H,43,44)/t26-/m0/s1. The van der Waals surface area contributed by atoms with Gasteiger partial charge in [0.15, 0.2) is 0 Å². The number of carbonyl (C=O) groups is 1. The molecule has 0 fully saturated rings. The zero-order valence-corrected chi connectivity index (χ0v) is 25.9. The number of nitrogens with one attached hydrogen (secondary N) is 1. The van der Waals surface area contributed by atoms with Crippen LogP contribution < -0.4 is 10.1 Å². The van der Waals surface area contributed by atoms with Gasteiger partial charge in [-0.1, -0.05) is 96.5 Å². The molecule has 0 aliphatic heterocycles. The quantitative estimate of drug-likeness (QED) is 0.122. The number of halogens is 4. The van der Waals surface area contributed by atoms with Gasteiger partial charge in [0, 0.05) is 25.6 Å². The third kappa shape index (κ3) is 10.3. The summed E-state index contributed by atoms with van der Waals surface area (Å²) in [5.41, 5.74) is 2.84. The van der Waals surface area contributed by atoms with Crippen molar-refractivity contribution in [1.82, 2.24) is 10.2 Å². The molecule has 0 amide bonds. The van der Waals surface area contributed by atoms with Gasteiger partial charge in [-0.05, 0) is 66.8 Å². The highest BCUT2D eigenvalue weighted by Crippen LogP contribution is 2.37. The van der Waals surface area contributed by atoms with Crippen molar-refractivity contribution in [2.45, 2.75) is 44.4 Å². The number of hydrogen-bond donors (Lipinski definition) is 2. The Bertz CT molecular complexity index is 1460. The lowest BCUT2D eigenvalue weighted by Crippen LogP contribution is -2.34. The number of aliphatic carboxylic acids is 1. The van der Waals surface area contributed by atoms with Crippen LogP contribution in [0.15, 0.2) is 103 Å². The second-order valence-electron chi connectivity index (χ2n) is 11.0. The van der Waals surface area contributed by atoms with Gasteiger partial charge in [-0.2, -0.15) is 13.2 Å². The molecule has 5 nitrogen and oxygen atoms in total. The number of hydrogen-bond acceptors (Lipinski definition) is 4. The highest BCUT2D eigenvalue weighted by Gasteiger charge is 2.34. The van der Waals surface area contributed by atoms with Crippen molar-refractivity contribution in [1.29, 1.82) is 0 Å². The van der Waals surface area contributed by atoms with E-state index in [2.05, 4.69) is 34.5 Å². The Hall–Kier alpha value is -3.85. The van der Waals surface area contributed by atoms with Crippen LogP contribution in [0.5, 0.6) is 5.75 Å². The molecule has 0 bridgehead atoms. The Morgan fingerprint density at radius 1 is 0.933 bits per heavy atom. The van der Waals surface area contributed by atoms with E-state index in [-0.39, 0.29) is 17.5 Å². The van der Waals surface area contributed by atoms with Gasteiger partial charge in [0.25, 0.3) is 0 Å². The molecule has 1 atom stereocenters. The highest BCUT2D eigenvalue weighted by atomic mass is 35.5. The van der Waals surface area contributed by atoms with Gasteiger partial charge in [0.05, 0.1) is 17.2 Å². The number of alkyl halides is 3. The normalized spacial score (nSPS) is 12.4. The molecule has 0 saturated carbocycles. The number of rotatable bonds is 16. The van der Waals surface area contributed by atoms with E-state index in [1.807, 2.05) is 60.7 Å². The molecule has 0 aromatic heterocycles. The van der Waals surface area contributed by atoms with Crippen LogP contribution in [0.1, 0.15) is 47.1 Å². The van der Waals surface area contributed by atoms with Crippen LogP contribution in [0.3, 0.4) is 0 Å². The van der Waals surface area contributed by atoms with E-state index >= 15 is 0 Å². The molecule has 4 aromatic rings. The lowest BCUT2D eigenvalue weighted by atomic mass is 9.90. The number of ether oxygens (including phenoxy) is 1. The van der Waals surface area contributed by atoms with E-state index in [1.54, 1.807) is 13.0 Å². The third-order valence-corrected chi connectivity index (χ3v) is 8.09. The maximum atomic E-state index is 13.7. The average Bonchev–Trinajstić information content (AvgIpc) is 3.03. The second-order valence-corrected chi connectivity index (χ2v) is 11.4. The van der Waals surface area contributed by atoms with Crippen LogP contribution in [0.2, 0.25) is 5.02 Å². The summed E-state index contributed by atoms with van der Waals surface area (Å²) < 4.78 is 47.0. The topological polar surface area (TPSA) is 61.8 Å². The van der Waals surface area contributed by atoms with Gasteiger partial charge in [-0.15, -0.1) is 0 Å². The molecule has 0 unspecified atom stereocenters. The van der Waals surface area contributed by atoms with Crippen molar-refractivity contribution in [3.05, 3.63) is 136 Å². The summed E-state index contributed by atoms with van der Waals surface area (Å²) in [6.45, 7) is 3.92. The lowest BCUT2D eigenvalue weighted by Gasteiger charge is -2.29. The molecule has 4 rings (SSSR count). The molecule has 0 spiro atoms. The fourth-order valence-corrected chi connectivity index (χ4v) is 5.51. The van der Waals surface area contributed by atoms with E-state index in [9.17, 15) is 18.0 Å². The second kappa shape index (κ2) is 16.5. The molecule has 9 heteroatoms. The first-order chi connectivity index (χ1) is 21.6. The Labute approximate surface area is 267 Å². The molecule has 0 saturated heterocycles. The number of carboxylic acids is 1. The summed E-state index contributed by atoms with van der Waals surface area (Å²) in [6, 6.07) is 31.3. The van der Waals surface area contributed by atoms with Gasteiger partial charge in [-0.25, -0.2) is 0 Å². The highest BCUT2D eigenvalue weighted by molar-refractivity contribution is 6.32. The third-order valence-electron chi connectivity index (χ3n) is 7.64. The zero-order chi connectivity index (χ0) is 32.2. The van der Waals surface area contributed by atoms with Crippen molar-refractivity contribution in [2.24, 2.45) is 0 Å². The number of nitrogens with zero attached hydrogens (tertiary/aromatic N) is 1. The first kappa shape index (κ1) is 34.0. The number of carboxylic acid groups (broad SMARTS) is 1. The molecule has 0 heterocycles. The van der Waals surface area contributed by atoms with Crippen LogP contribution in [0.4, 0.5) is 13.2 Å². The van der Waals surface area contributed by atoms with Crippen molar-refractivity contribution in [3.63, 3.8) is 0 Å². The summed E-state index contributed by atoms with van der Waals surface area (Å²) in [4.78, 5) is 13.2. The smallest absolute Gasteiger partial charge is 0.417 e. The molecule has 4 aromatic carbocycles. The first-order valence-electron chi connectivity index (χ1n) is 15.0. The zero-order valence-electron chi connectivity index (χ0n) is 25.1. The Morgan fingerprint density at radius 3 is 2.20 bits per heavy atom. The van der Waals surface area contributed by atoms with Crippen LogP contribution in [-0.4, -0.2) is 48.3 Å². The molecule has 2 N–H and O–H groups in total. The summed E-state index contributed by atoms with van der Waals surface area (Å²) >= 11 is 6.33. The Kier molecular flexibility index (Phi) is 12.4. The first-order valence-corrected chi connectivity index (χ1v) is 15.3. The molecule has 45 heavy (non-hydrogen) atoms. The van der Waals surface area contributed by atoms with Crippen molar-refractivity contribution in [3.8, 4) is 5.75 Å². The van der Waals surface area contributed by atoms with Gasteiger partial charge in [0.2, 0.25) is 0 Å². The van der Waals surface area contributed by atoms with E-state index < -0.39 is 23.8 Å². The van der Waals surface area contributed by atoms with Gasteiger partial charge >= 0.3 is 12.1 Å². The van der Waals surface area contributed by atoms with Crippen LogP contribution >= 0.6 is 11.6 Å². The van der Waals surface area contributed by atoms with Crippen molar-refractivity contribution >= 4 is 17.6 Å². The average molecular weight is 639 g/mol. The molecule has 0 aliphatic rings. The molecule has 0 radical (unpaired) electrons. The fraction of sp³-hybridized carbons (Fsp3) is 0.306. The van der Waals surface area contributed by atoms with E-state index in [1.165, 1.54) is 6.07 Å². The molecular weight excluding hydrogens is 601 g/mol. The Morgan fingerprint density at radius 2 is 1.58 bits per heavy atom. The predicted octanol–water partition coefficient (Wildman–Crippen LogP) is 8.07. The molecule has 0 aliphatic carbocycles. The lowest BCUT2D eigenvalue weighted by molar-refractivity contribution is -0.139. The van der Waals surface area contributed by atoms with Crippen LogP contribution in [0, 0.1) is 0 Å². The summed E-state index contributed by atoms with van der Waals surface area (Å²) in [7, 11) is 0. The SMILES string of the molecule is C[C@H](NCCc1cccc(OCCCN(Cc2cccc(C(F)(F)F)c2Cl)CC(c2ccccc2)c2ccccc2)c1)C(=O)O. The minimum absolute atomic E-state index is 0.00738. The fourth-order valence-electron chi connectivity index (χ4n) is 5.22. The van der Waals surface area contributed by atoms with Crippen LogP contribution in [-0.2, 0) is 23.9 Å². The van der Waals surface area contributed by atoms with E-state index in [4.69, 9.17) is 21.4 Å². The summed E-state index contributed by atoms with van der Waals surface area (Å²) in [5, 5.41) is 11.7. The predicted molar refractivity (Wildman–Crippen MR) is 172 cm³/mol. The van der Waals surface area contributed by atoms with Crippen molar-refractivity contribution < 1.29 is 27.8 Å². The van der Waals surface area contributed by atoms with E-state index in [0.29, 0.717) is 50.4 Å². The molecule has 238 valence electrons. The largest absolute Gasteiger partial charge is 0.494 e. The Balaban J connectivity index is 1.47. The number of benzene rings is 4. The minimum atomic E-state index is -4.54. The van der Waals surface area contributed by atoms with Crippen LogP contribution in [0.25, 0.3) is 0 Å². The van der Waals surface area contributed by atoms with Gasteiger partial charge in [0.1, 0.15) is 11.8 Å². The van der Waals surface area contributed by atoms with Gasteiger partial charge < -0.3 is 15.2 Å². The van der Waals surface area contributed by atoms with Gasteiger partial charge in [-0.3, -0.25) is 9.69 Å². The summed E-state index contributed by atoms with van der Waals surface area (Å²) in [6.07, 6.45) is -3.25.